The molecule has 0 unspecified atom stereocenters. The lowest BCUT2D eigenvalue weighted by Crippen LogP contribution is -1.95. The van der Waals surface area contributed by atoms with E-state index in [1.54, 1.807) is 6.07 Å². The summed E-state index contributed by atoms with van der Waals surface area (Å²) in [6, 6.07) is 6.99. The lowest BCUT2D eigenvalue weighted by atomic mass is 10.2. The topological polar surface area (TPSA) is 103 Å². The normalized spacial score (nSPS) is 10.1. The second-order valence-electron chi connectivity index (χ2n) is 3.32. The minimum Gasteiger partial charge on any atom is -0.504 e. The molecule has 0 aliphatic heterocycles. The average Bonchev–Trinajstić information content (AvgIpc) is 2.71. The van der Waals surface area contributed by atoms with Gasteiger partial charge in [0.2, 0.25) is 5.43 Å². The number of aromatic amines is 1. The molecule has 1 heterocycles. The minimum absolute atomic E-state index is 0.113. The molecule has 0 fully saturated rings. The zero-order valence-corrected chi connectivity index (χ0v) is 8.54. The molecule has 0 radical (unpaired) electrons. The number of nitrogens with zero attached hydrogens (tertiary/aromatic N) is 1. The number of H-pyrrole nitrogens is 1. The summed E-state index contributed by atoms with van der Waals surface area (Å²) in [6.45, 7) is 0. The lowest BCUT2D eigenvalue weighted by Gasteiger charge is -1.93. The molecular formula is C11H8N2O4. The van der Waals surface area contributed by atoms with E-state index in [1.165, 1.54) is 24.3 Å². The van der Waals surface area contributed by atoms with Crippen LogP contribution in [0.2, 0.25) is 0 Å². The minimum atomic E-state index is -1.16. The van der Waals surface area contributed by atoms with Crippen molar-refractivity contribution in [2.24, 2.45) is 0 Å². The summed E-state index contributed by atoms with van der Waals surface area (Å²) in [7, 11) is 0. The Labute approximate surface area is 95.2 Å². The molecule has 0 bridgehead atoms. The first-order chi connectivity index (χ1) is 8.09. The van der Waals surface area contributed by atoms with Gasteiger partial charge in [0, 0.05) is 5.56 Å². The van der Waals surface area contributed by atoms with E-state index in [1.807, 2.05) is 0 Å². The highest BCUT2D eigenvalue weighted by atomic mass is 16.4. The second-order valence-corrected chi connectivity index (χ2v) is 3.32. The van der Waals surface area contributed by atoms with Crippen molar-refractivity contribution in [1.29, 1.82) is 0 Å². The summed E-state index contributed by atoms with van der Waals surface area (Å²) in [6.07, 6.45) is 0. The van der Waals surface area contributed by atoms with E-state index in [2.05, 4.69) is 10.2 Å². The van der Waals surface area contributed by atoms with Crippen molar-refractivity contribution in [2.75, 3.05) is 0 Å². The maximum Gasteiger partial charge on any atom is 0.353 e. The Morgan fingerprint density at radius 1 is 1.29 bits per heavy atom. The Bertz CT molecular complexity index is 633. The first kappa shape index (κ1) is 10.9. The quantitative estimate of drug-likeness (QED) is 0.711. The van der Waals surface area contributed by atoms with Crippen LogP contribution in [0.15, 0.2) is 35.1 Å². The molecule has 6 heteroatoms. The van der Waals surface area contributed by atoms with E-state index >= 15 is 0 Å². The van der Waals surface area contributed by atoms with Crippen LogP contribution in [0, 0.1) is 0 Å². The first-order valence-electron chi connectivity index (χ1n) is 4.71. The van der Waals surface area contributed by atoms with Gasteiger partial charge in [0.05, 0.1) is 5.69 Å². The van der Waals surface area contributed by atoms with Gasteiger partial charge >= 0.3 is 5.97 Å². The molecule has 1 aromatic carbocycles. The number of carboxylic acids is 1. The van der Waals surface area contributed by atoms with E-state index in [0.29, 0.717) is 0 Å². The van der Waals surface area contributed by atoms with E-state index in [-0.39, 0.29) is 17.0 Å². The molecule has 0 saturated heterocycles. The molecule has 0 aliphatic rings. The van der Waals surface area contributed by atoms with E-state index in [0.717, 1.165) is 0 Å². The fourth-order valence-electron chi connectivity index (χ4n) is 1.36. The van der Waals surface area contributed by atoms with Crippen LogP contribution >= 0.6 is 0 Å². The molecule has 1 aromatic heterocycles. The standard InChI is InChI=1S/C11H8N2O4/c14-9-4-2-1-3-6(10(9)15)7-5-8(11(16)17)13-12-7/h1-5H,(H,12,13)(H,14,15)(H,16,17). The highest BCUT2D eigenvalue weighted by Gasteiger charge is 2.12. The maximum absolute atomic E-state index is 11.3. The van der Waals surface area contributed by atoms with Gasteiger partial charge in [-0.2, -0.15) is 5.10 Å². The van der Waals surface area contributed by atoms with Crippen molar-refractivity contribution in [3.05, 3.63) is 46.2 Å². The van der Waals surface area contributed by atoms with Crippen LogP contribution in [0.5, 0.6) is 5.75 Å². The third-order valence-electron chi connectivity index (χ3n) is 2.19. The van der Waals surface area contributed by atoms with Gasteiger partial charge in [0.15, 0.2) is 5.75 Å². The Hall–Kier alpha value is -2.63. The van der Waals surface area contributed by atoms with Crippen molar-refractivity contribution < 1.29 is 15.0 Å². The van der Waals surface area contributed by atoms with Gasteiger partial charge in [0.25, 0.3) is 0 Å². The van der Waals surface area contributed by atoms with Gasteiger partial charge in [-0.3, -0.25) is 9.89 Å². The average molecular weight is 232 g/mol. The third kappa shape index (κ3) is 2.00. The van der Waals surface area contributed by atoms with Crippen molar-refractivity contribution in [3.63, 3.8) is 0 Å². The third-order valence-corrected chi connectivity index (χ3v) is 2.19. The summed E-state index contributed by atoms with van der Waals surface area (Å²) < 4.78 is 0. The number of hydrogen-bond acceptors (Lipinski definition) is 4. The molecule has 86 valence electrons. The molecular weight excluding hydrogens is 224 g/mol. The van der Waals surface area contributed by atoms with Crippen molar-refractivity contribution in [2.45, 2.75) is 0 Å². The van der Waals surface area contributed by atoms with Gasteiger partial charge in [-0.05, 0) is 18.2 Å². The molecule has 3 N–H and O–H groups in total. The number of aromatic hydroxyl groups is 1. The van der Waals surface area contributed by atoms with Gasteiger partial charge in [-0.1, -0.05) is 12.1 Å². The van der Waals surface area contributed by atoms with Gasteiger partial charge in [0.1, 0.15) is 5.69 Å². The fraction of sp³-hybridized carbons (Fsp3) is 0. The Morgan fingerprint density at radius 3 is 2.65 bits per heavy atom. The van der Waals surface area contributed by atoms with Gasteiger partial charge in [-0.15, -0.1) is 0 Å². The second kappa shape index (κ2) is 4.09. The lowest BCUT2D eigenvalue weighted by molar-refractivity contribution is 0.0690. The monoisotopic (exact) mass is 232 g/mol. The van der Waals surface area contributed by atoms with Crippen LogP contribution in [-0.4, -0.2) is 26.4 Å². The van der Waals surface area contributed by atoms with Crippen molar-refractivity contribution in [3.8, 4) is 17.0 Å². The molecule has 17 heavy (non-hydrogen) atoms. The van der Waals surface area contributed by atoms with Gasteiger partial charge < -0.3 is 10.2 Å². The molecule has 0 aliphatic carbocycles. The van der Waals surface area contributed by atoms with Crippen LogP contribution in [0.3, 0.4) is 0 Å². The molecule has 0 spiro atoms. The maximum atomic E-state index is 11.3. The Morgan fingerprint density at radius 2 is 2.00 bits per heavy atom. The first-order valence-corrected chi connectivity index (χ1v) is 4.71. The van der Waals surface area contributed by atoms with Crippen LogP contribution in [0.4, 0.5) is 0 Å². The van der Waals surface area contributed by atoms with E-state index < -0.39 is 17.1 Å². The Kier molecular flexibility index (Phi) is 2.61. The zero-order chi connectivity index (χ0) is 12.4. The highest BCUT2D eigenvalue weighted by Crippen LogP contribution is 2.23. The number of carbonyl (C=O) groups is 1. The largest absolute Gasteiger partial charge is 0.504 e. The summed E-state index contributed by atoms with van der Waals surface area (Å²) in [5.41, 5.74) is -0.278. The number of nitrogens with one attached hydrogen (secondary N) is 1. The van der Waals surface area contributed by atoms with Crippen LogP contribution < -0.4 is 5.43 Å². The van der Waals surface area contributed by atoms with Crippen LogP contribution in [0.1, 0.15) is 10.5 Å². The zero-order valence-electron chi connectivity index (χ0n) is 8.54. The SMILES string of the molecule is O=C(O)c1cc(-c2ccccc(=O)c2O)n[nH]1. The van der Waals surface area contributed by atoms with Crippen LogP contribution in [-0.2, 0) is 0 Å². The molecule has 6 nitrogen and oxygen atoms in total. The number of carboxylic acid groups (broad SMARTS) is 1. The summed E-state index contributed by atoms with van der Waals surface area (Å²) in [5.74, 6) is -1.62. The number of hydrogen-bond donors (Lipinski definition) is 3. The molecule has 0 amide bonds. The Balaban J connectivity index is 2.61. The smallest absolute Gasteiger partial charge is 0.353 e. The van der Waals surface area contributed by atoms with E-state index in [9.17, 15) is 14.7 Å². The van der Waals surface area contributed by atoms with Crippen molar-refractivity contribution >= 4 is 5.97 Å². The predicted molar refractivity (Wildman–Crippen MR) is 58.9 cm³/mol. The molecule has 0 saturated carbocycles. The summed E-state index contributed by atoms with van der Waals surface area (Å²) >= 11 is 0. The summed E-state index contributed by atoms with van der Waals surface area (Å²) in [5, 5.41) is 24.4. The number of rotatable bonds is 2. The summed E-state index contributed by atoms with van der Waals surface area (Å²) in [4.78, 5) is 22.0. The number of aromatic nitrogens is 2. The van der Waals surface area contributed by atoms with Crippen LogP contribution in [0.25, 0.3) is 11.3 Å². The fourth-order valence-corrected chi connectivity index (χ4v) is 1.36. The molecule has 2 rings (SSSR count). The van der Waals surface area contributed by atoms with E-state index in [4.69, 9.17) is 5.11 Å². The predicted octanol–water partition coefficient (Wildman–Crippen LogP) is 0.841. The molecule has 0 atom stereocenters. The number of aromatic carboxylic acids is 1. The van der Waals surface area contributed by atoms with Gasteiger partial charge in [-0.25, -0.2) is 4.79 Å². The van der Waals surface area contributed by atoms with Crippen molar-refractivity contribution in [1.82, 2.24) is 10.2 Å². The highest BCUT2D eigenvalue weighted by molar-refractivity contribution is 5.87. The molecule has 2 aromatic rings.